The highest BCUT2D eigenvalue weighted by atomic mass is 35.5. The van der Waals surface area contributed by atoms with Gasteiger partial charge in [-0.25, -0.2) is 13.4 Å². The number of ether oxygens (including phenoxy) is 1. The fourth-order valence-electron chi connectivity index (χ4n) is 3.52. The molecule has 166 valence electrons. The zero-order valence-electron chi connectivity index (χ0n) is 17.2. The minimum Gasteiger partial charge on any atom is -0.468 e. The molecular formula is C23H22ClN3O4S. The van der Waals surface area contributed by atoms with Crippen LogP contribution in [0.5, 0.6) is 0 Å². The van der Waals surface area contributed by atoms with Crippen LogP contribution < -0.4 is 10.5 Å². The lowest BCUT2D eigenvalue weighted by Gasteiger charge is -2.17. The van der Waals surface area contributed by atoms with E-state index in [1.54, 1.807) is 30.5 Å². The van der Waals surface area contributed by atoms with E-state index in [2.05, 4.69) is 9.71 Å². The van der Waals surface area contributed by atoms with Crippen LogP contribution in [-0.4, -0.2) is 32.5 Å². The van der Waals surface area contributed by atoms with Crippen molar-refractivity contribution in [3.63, 3.8) is 0 Å². The van der Waals surface area contributed by atoms with E-state index in [0.717, 1.165) is 27.1 Å². The second kappa shape index (κ2) is 9.52. The Hall–Kier alpha value is -3.20. The van der Waals surface area contributed by atoms with Crippen LogP contribution in [0.3, 0.4) is 0 Å². The molecule has 32 heavy (non-hydrogen) atoms. The van der Waals surface area contributed by atoms with E-state index in [-0.39, 0.29) is 23.7 Å². The number of nitrogen functional groups attached to an aromatic ring is 1. The van der Waals surface area contributed by atoms with Gasteiger partial charge in [-0.15, -0.1) is 12.4 Å². The second-order valence-electron chi connectivity index (χ2n) is 7.16. The van der Waals surface area contributed by atoms with Crippen molar-refractivity contribution >= 4 is 55.8 Å². The fourth-order valence-corrected chi connectivity index (χ4v) is 4.74. The Morgan fingerprint density at radius 1 is 1.03 bits per heavy atom. The van der Waals surface area contributed by atoms with Gasteiger partial charge in [-0.3, -0.25) is 4.79 Å². The van der Waals surface area contributed by atoms with Gasteiger partial charge in [-0.1, -0.05) is 48.5 Å². The van der Waals surface area contributed by atoms with E-state index in [0.29, 0.717) is 5.82 Å². The summed E-state index contributed by atoms with van der Waals surface area (Å²) in [5, 5.41) is 3.36. The number of pyridine rings is 1. The van der Waals surface area contributed by atoms with Crippen LogP contribution in [0, 0.1) is 0 Å². The Labute approximate surface area is 192 Å². The van der Waals surface area contributed by atoms with Crippen molar-refractivity contribution in [3.8, 4) is 0 Å². The van der Waals surface area contributed by atoms with E-state index in [4.69, 9.17) is 10.5 Å². The summed E-state index contributed by atoms with van der Waals surface area (Å²) in [5.41, 5.74) is 6.65. The summed E-state index contributed by atoms with van der Waals surface area (Å²) in [6.07, 6.45) is 1.72. The van der Waals surface area contributed by atoms with Crippen LogP contribution in [-0.2, 0) is 26.0 Å². The summed E-state index contributed by atoms with van der Waals surface area (Å²) < 4.78 is 33.4. The standard InChI is InChI=1S/C23H21N3O4S.ClH/c1-30-23(27)21(13-15-6-9-20-18(12-15)10-11-25-22(20)24)26-31(28,29)19-8-7-16-4-2-3-5-17(16)14-19;/h2-12,14,21,26H,13H2,1H3,(H2,24,25);1H. The molecule has 1 heterocycles. The fraction of sp³-hybridized carbons (Fsp3) is 0.130. The number of hydrogen-bond donors (Lipinski definition) is 2. The predicted molar refractivity (Wildman–Crippen MR) is 127 cm³/mol. The first-order chi connectivity index (χ1) is 14.9. The maximum Gasteiger partial charge on any atom is 0.324 e. The van der Waals surface area contributed by atoms with E-state index < -0.39 is 22.0 Å². The summed E-state index contributed by atoms with van der Waals surface area (Å²) >= 11 is 0. The monoisotopic (exact) mass is 471 g/mol. The molecule has 3 N–H and O–H groups in total. The number of nitrogens with zero attached hydrogens (tertiary/aromatic N) is 1. The lowest BCUT2D eigenvalue weighted by molar-refractivity contribution is -0.142. The number of nitrogens with two attached hydrogens (primary N) is 1. The van der Waals surface area contributed by atoms with Crippen molar-refractivity contribution in [3.05, 3.63) is 78.5 Å². The number of aromatic nitrogens is 1. The summed E-state index contributed by atoms with van der Waals surface area (Å²) in [5.74, 6) is -0.260. The number of esters is 1. The van der Waals surface area contributed by atoms with Gasteiger partial charge >= 0.3 is 5.97 Å². The van der Waals surface area contributed by atoms with Crippen LogP contribution >= 0.6 is 12.4 Å². The Balaban J connectivity index is 0.00000289. The van der Waals surface area contributed by atoms with Gasteiger partial charge in [0.2, 0.25) is 10.0 Å². The van der Waals surface area contributed by atoms with Gasteiger partial charge < -0.3 is 10.5 Å². The number of nitrogens with one attached hydrogen (secondary N) is 1. The maximum atomic E-state index is 13.0. The first-order valence-corrected chi connectivity index (χ1v) is 11.1. The van der Waals surface area contributed by atoms with Crippen LogP contribution in [0.2, 0.25) is 0 Å². The molecule has 1 aromatic heterocycles. The first-order valence-electron chi connectivity index (χ1n) is 9.59. The van der Waals surface area contributed by atoms with Crippen LogP contribution in [0.4, 0.5) is 5.82 Å². The van der Waals surface area contributed by atoms with Crippen LogP contribution in [0.15, 0.2) is 77.8 Å². The van der Waals surface area contributed by atoms with Crippen LogP contribution in [0.25, 0.3) is 21.5 Å². The Bertz CT molecular complexity index is 1390. The van der Waals surface area contributed by atoms with Gasteiger partial charge in [-0.05, 0) is 46.3 Å². The molecule has 4 aromatic rings. The zero-order valence-corrected chi connectivity index (χ0v) is 18.8. The first kappa shape index (κ1) is 23.5. The Morgan fingerprint density at radius 3 is 2.53 bits per heavy atom. The highest BCUT2D eigenvalue weighted by Gasteiger charge is 2.27. The number of sulfonamides is 1. The van der Waals surface area contributed by atoms with Gasteiger partial charge in [0.15, 0.2) is 0 Å². The molecule has 0 saturated heterocycles. The van der Waals surface area contributed by atoms with Crippen molar-refractivity contribution in [2.45, 2.75) is 17.4 Å². The molecule has 3 aromatic carbocycles. The molecule has 0 spiro atoms. The van der Waals surface area contributed by atoms with Gasteiger partial charge in [0.1, 0.15) is 11.9 Å². The molecule has 0 fully saturated rings. The minimum absolute atomic E-state index is 0. The van der Waals surface area contributed by atoms with E-state index >= 15 is 0 Å². The summed E-state index contributed by atoms with van der Waals surface area (Å²) in [6.45, 7) is 0. The van der Waals surface area contributed by atoms with E-state index in [1.807, 2.05) is 36.4 Å². The third-order valence-corrected chi connectivity index (χ3v) is 6.58. The molecule has 9 heteroatoms. The normalized spacial score (nSPS) is 12.3. The zero-order chi connectivity index (χ0) is 22.0. The third-order valence-electron chi connectivity index (χ3n) is 5.11. The lowest BCUT2D eigenvalue weighted by Crippen LogP contribution is -2.42. The largest absolute Gasteiger partial charge is 0.468 e. The number of anilines is 1. The number of rotatable bonds is 6. The predicted octanol–water partition coefficient (Wildman–Crippen LogP) is 3.45. The number of benzene rings is 3. The highest BCUT2D eigenvalue weighted by Crippen LogP contribution is 2.22. The van der Waals surface area contributed by atoms with E-state index in [9.17, 15) is 13.2 Å². The van der Waals surface area contributed by atoms with Gasteiger partial charge in [-0.2, -0.15) is 4.72 Å². The maximum absolute atomic E-state index is 13.0. The molecule has 0 saturated carbocycles. The smallest absolute Gasteiger partial charge is 0.324 e. The molecular weight excluding hydrogens is 450 g/mol. The molecule has 4 rings (SSSR count). The quantitative estimate of drug-likeness (QED) is 0.416. The van der Waals surface area contributed by atoms with Crippen molar-refractivity contribution in [2.24, 2.45) is 0 Å². The number of carbonyl (C=O) groups is 1. The molecule has 1 atom stereocenters. The molecule has 0 bridgehead atoms. The number of hydrogen-bond acceptors (Lipinski definition) is 6. The van der Waals surface area contributed by atoms with Gasteiger partial charge in [0.05, 0.1) is 12.0 Å². The van der Waals surface area contributed by atoms with Crippen molar-refractivity contribution in [1.29, 1.82) is 0 Å². The van der Waals surface area contributed by atoms with Gasteiger partial charge in [0.25, 0.3) is 0 Å². The number of fused-ring (bicyclic) bond motifs is 2. The topological polar surface area (TPSA) is 111 Å². The Morgan fingerprint density at radius 2 is 1.78 bits per heavy atom. The van der Waals surface area contributed by atoms with Crippen molar-refractivity contribution < 1.29 is 17.9 Å². The molecule has 0 radical (unpaired) electrons. The molecule has 0 aliphatic carbocycles. The molecule has 0 aliphatic rings. The average Bonchev–Trinajstić information content (AvgIpc) is 2.77. The number of carbonyl (C=O) groups excluding carboxylic acids is 1. The van der Waals surface area contributed by atoms with Crippen molar-refractivity contribution in [1.82, 2.24) is 9.71 Å². The molecule has 1 unspecified atom stereocenters. The summed E-state index contributed by atoms with van der Waals surface area (Å²) in [7, 11) is -2.73. The second-order valence-corrected chi connectivity index (χ2v) is 8.88. The minimum atomic E-state index is -3.96. The average molecular weight is 472 g/mol. The SMILES string of the molecule is COC(=O)C(Cc1ccc2c(N)nccc2c1)NS(=O)(=O)c1ccc2ccccc2c1.Cl. The third kappa shape index (κ3) is 4.83. The summed E-state index contributed by atoms with van der Waals surface area (Å²) in [4.78, 5) is 16.5. The van der Waals surface area contributed by atoms with E-state index in [1.165, 1.54) is 13.2 Å². The Kier molecular flexibility index (Phi) is 6.98. The lowest BCUT2D eigenvalue weighted by atomic mass is 10.0. The van der Waals surface area contributed by atoms with Gasteiger partial charge in [0, 0.05) is 11.6 Å². The molecule has 0 amide bonds. The van der Waals surface area contributed by atoms with Crippen LogP contribution in [0.1, 0.15) is 5.56 Å². The summed E-state index contributed by atoms with van der Waals surface area (Å²) in [6, 6.07) is 18.5. The molecule has 7 nitrogen and oxygen atoms in total. The molecule has 0 aliphatic heterocycles. The number of halogens is 1. The highest BCUT2D eigenvalue weighted by molar-refractivity contribution is 7.89. The number of methoxy groups -OCH3 is 1. The van der Waals surface area contributed by atoms with Crippen molar-refractivity contribution in [2.75, 3.05) is 12.8 Å².